The van der Waals surface area contributed by atoms with Gasteiger partial charge in [0.15, 0.2) is 17.5 Å². The van der Waals surface area contributed by atoms with Crippen LogP contribution in [-0.2, 0) is 44.7 Å². The van der Waals surface area contributed by atoms with E-state index in [1.54, 1.807) is 13.8 Å². The first kappa shape index (κ1) is 36.7. The number of ether oxygens (including phenoxy) is 4. The van der Waals surface area contributed by atoms with E-state index in [1.807, 2.05) is 72.8 Å². The van der Waals surface area contributed by atoms with Crippen molar-refractivity contribution in [2.75, 3.05) is 26.4 Å². The Hall–Kier alpha value is -4.11. The summed E-state index contributed by atoms with van der Waals surface area (Å²) in [7, 11) is 0. The summed E-state index contributed by atoms with van der Waals surface area (Å²) in [4.78, 5) is 24.5. The number of aromatic hydroxyl groups is 2. The molecule has 0 aliphatic heterocycles. The van der Waals surface area contributed by atoms with Crippen molar-refractivity contribution in [3.63, 3.8) is 0 Å². The van der Waals surface area contributed by atoms with Gasteiger partial charge in [-0.25, -0.2) is 9.59 Å². The number of phenols is 2. The van der Waals surface area contributed by atoms with Crippen molar-refractivity contribution >= 4 is 46.7 Å². The van der Waals surface area contributed by atoms with E-state index in [9.17, 15) is 19.8 Å². The van der Waals surface area contributed by atoms with Gasteiger partial charge in [-0.05, 0) is 58.4 Å². The van der Waals surface area contributed by atoms with Gasteiger partial charge in [-0.2, -0.15) is 0 Å². The zero-order valence-electron chi connectivity index (χ0n) is 26.6. The number of hydrogen-bond donors (Lipinski definition) is 2. The van der Waals surface area contributed by atoms with E-state index in [1.165, 1.54) is 0 Å². The maximum Gasteiger partial charge on any atom is 0.344 e. The lowest BCUT2D eigenvalue weighted by Crippen LogP contribution is -2.16. The van der Waals surface area contributed by atoms with Crippen LogP contribution in [0, 0.1) is 0 Å². The van der Waals surface area contributed by atoms with Gasteiger partial charge in [-0.1, -0.05) is 108 Å². The topological polar surface area (TPSA) is 112 Å². The number of alkyl halides is 3. The Morgan fingerprint density at radius 3 is 1.06 bits per heavy atom. The van der Waals surface area contributed by atoms with E-state index in [0.29, 0.717) is 59.4 Å². The molecule has 0 saturated carbocycles. The molecule has 0 spiro atoms. The number of benzene rings is 4. The van der Waals surface area contributed by atoms with Crippen LogP contribution in [0.3, 0.4) is 0 Å². The molecule has 8 bridgehead atoms. The van der Waals surface area contributed by atoms with Gasteiger partial charge >= 0.3 is 11.9 Å². The number of hydrogen-bond acceptors (Lipinski definition) is 8. The van der Waals surface area contributed by atoms with Crippen LogP contribution < -0.4 is 9.47 Å². The molecule has 0 atom stereocenters. The molecule has 0 unspecified atom stereocenters. The predicted molar refractivity (Wildman–Crippen MR) is 186 cm³/mol. The highest BCUT2D eigenvalue weighted by Crippen LogP contribution is 2.38. The minimum atomic E-state index is -0.750. The third-order valence-electron chi connectivity index (χ3n) is 7.57. The number of fused-ring (bicyclic) bond motifs is 8. The summed E-state index contributed by atoms with van der Waals surface area (Å²) < 4.78 is 21.6. The highest BCUT2D eigenvalue weighted by Gasteiger charge is 2.21. The Morgan fingerprint density at radius 1 is 0.562 bits per heavy atom. The van der Waals surface area contributed by atoms with Gasteiger partial charge in [0.25, 0.3) is 0 Å². The van der Waals surface area contributed by atoms with E-state index >= 15 is 0 Å². The van der Waals surface area contributed by atoms with E-state index in [-0.39, 0.29) is 37.9 Å². The third kappa shape index (κ3) is 9.95. The minimum absolute atomic E-state index is 0.144. The number of carbonyl (C=O) groups excluding carboxylic acids is 2. The average Bonchev–Trinajstić information content (AvgIpc) is 3.04. The number of esters is 2. The molecule has 8 nitrogen and oxygen atoms in total. The van der Waals surface area contributed by atoms with Crippen LogP contribution in [0.4, 0.5) is 0 Å². The molecule has 1 aliphatic rings. The number of rotatable bonds is 8. The molecular formula is C37H37Cl3O8. The molecule has 1 aliphatic carbocycles. The van der Waals surface area contributed by atoms with Gasteiger partial charge in [-0.3, -0.25) is 0 Å². The summed E-state index contributed by atoms with van der Waals surface area (Å²) in [6, 6.07) is 22.6. The fourth-order valence-corrected chi connectivity index (χ4v) is 5.55. The van der Waals surface area contributed by atoms with Gasteiger partial charge in [-0.15, -0.1) is 0 Å². The van der Waals surface area contributed by atoms with Crippen molar-refractivity contribution in [3.05, 3.63) is 117 Å². The molecule has 0 saturated heterocycles. The van der Waals surface area contributed by atoms with Crippen molar-refractivity contribution < 1.29 is 38.7 Å². The monoisotopic (exact) mass is 714 g/mol. The fourth-order valence-electron chi connectivity index (χ4n) is 5.55. The summed E-state index contributed by atoms with van der Waals surface area (Å²) in [5.41, 5.74) is 5.85. The average molecular weight is 716 g/mol. The van der Waals surface area contributed by atoms with Crippen molar-refractivity contribution in [1.29, 1.82) is 0 Å². The second kappa shape index (κ2) is 17.9. The van der Waals surface area contributed by atoms with E-state index in [0.717, 1.165) is 22.3 Å². The predicted octanol–water partition coefficient (Wildman–Crippen LogP) is 7.64. The smallest absolute Gasteiger partial charge is 0.344 e. The maximum atomic E-state index is 12.2. The van der Waals surface area contributed by atoms with Crippen LogP contribution in [0.25, 0.3) is 0 Å². The lowest BCUT2D eigenvalue weighted by molar-refractivity contribution is -0.146. The Labute approximate surface area is 295 Å². The molecule has 11 heteroatoms. The first-order valence-corrected chi connectivity index (χ1v) is 16.7. The Kier molecular flexibility index (Phi) is 13.7. The van der Waals surface area contributed by atoms with Crippen LogP contribution in [0.1, 0.15) is 58.4 Å². The Bertz CT molecular complexity index is 1510. The first-order chi connectivity index (χ1) is 23.1. The summed E-state index contributed by atoms with van der Waals surface area (Å²) >= 11 is 14.4. The highest BCUT2D eigenvalue weighted by atomic mass is 35.6. The molecule has 2 N–H and O–H groups in total. The molecule has 5 rings (SSSR count). The molecule has 4 aromatic carbocycles. The summed E-state index contributed by atoms with van der Waals surface area (Å²) in [6.07, 6.45) is 1.35. The normalized spacial score (nSPS) is 12.0. The van der Waals surface area contributed by atoms with Crippen molar-refractivity contribution in [2.24, 2.45) is 0 Å². The summed E-state index contributed by atoms with van der Waals surface area (Å²) in [6.45, 7) is 3.44. The summed E-state index contributed by atoms with van der Waals surface area (Å²) in [5.74, 6) is 0.362. The van der Waals surface area contributed by atoms with Crippen LogP contribution in [0.5, 0.6) is 23.0 Å². The van der Waals surface area contributed by atoms with Gasteiger partial charge < -0.3 is 29.2 Å². The number of carbonyl (C=O) groups is 2. The molecule has 0 fully saturated rings. The second-order valence-corrected chi connectivity index (χ2v) is 12.8. The Morgan fingerprint density at radius 2 is 0.812 bits per heavy atom. The largest absolute Gasteiger partial charge is 0.507 e. The SMILES string of the molecule is CCOC(=O)COc1c2cccc1Cc1cccc(c1O)Cc1cccc(c1OCC(=O)OCC)Cc1cccc(c1O)C2.ClC(Cl)Cl. The first-order valence-electron chi connectivity index (χ1n) is 15.4. The second-order valence-electron chi connectivity index (χ2n) is 10.8. The third-order valence-corrected chi connectivity index (χ3v) is 7.57. The lowest BCUT2D eigenvalue weighted by Gasteiger charge is -2.20. The molecule has 0 radical (unpaired) electrons. The highest BCUT2D eigenvalue weighted by molar-refractivity contribution is 6.63. The quantitative estimate of drug-likeness (QED) is 0.125. The lowest BCUT2D eigenvalue weighted by atomic mass is 9.91. The molecule has 254 valence electrons. The van der Waals surface area contributed by atoms with Crippen molar-refractivity contribution in [2.45, 2.75) is 43.8 Å². The fraction of sp³-hybridized carbons (Fsp3) is 0.297. The van der Waals surface area contributed by atoms with E-state index in [4.69, 9.17) is 53.8 Å². The van der Waals surface area contributed by atoms with E-state index < -0.39 is 16.2 Å². The number of phenolic OH excluding ortho intramolecular Hbond substituents is 2. The van der Waals surface area contributed by atoms with Crippen molar-refractivity contribution in [1.82, 2.24) is 0 Å². The standard InChI is InChI=1S/C36H36O8.CHCl3/c1-3-41-31(37)21-43-35-27-13-7-14-28(35)18-24-10-6-12-26(34(24)40)20-30-16-8-15-29(36(30)44-22-32(38)42-4-2)19-25-11-5-9-23(17-27)33(25)39;2-1(3)4/h5-16,39-40H,3-4,17-22H2,1-2H3;1H. The Balaban J connectivity index is 0.00000123. The molecular weight excluding hydrogens is 679 g/mol. The van der Waals surface area contributed by atoms with Crippen LogP contribution in [0.2, 0.25) is 0 Å². The van der Waals surface area contributed by atoms with Crippen molar-refractivity contribution in [3.8, 4) is 23.0 Å². The molecule has 0 aromatic heterocycles. The zero-order chi connectivity index (χ0) is 34.6. The van der Waals surface area contributed by atoms with Gasteiger partial charge in [0, 0.05) is 25.7 Å². The number of para-hydroxylation sites is 4. The van der Waals surface area contributed by atoms with Crippen LogP contribution >= 0.6 is 34.8 Å². The van der Waals surface area contributed by atoms with Crippen LogP contribution in [0.15, 0.2) is 72.8 Å². The van der Waals surface area contributed by atoms with Gasteiger partial charge in [0.1, 0.15) is 23.0 Å². The number of halogens is 3. The van der Waals surface area contributed by atoms with Gasteiger partial charge in [0.2, 0.25) is 0 Å². The molecule has 48 heavy (non-hydrogen) atoms. The van der Waals surface area contributed by atoms with Crippen LogP contribution in [-0.4, -0.2) is 52.9 Å². The minimum Gasteiger partial charge on any atom is -0.507 e. The van der Waals surface area contributed by atoms with E-state index in [2.05, 4.69) is 0 Å². The molecule has 4 aromatic rings. The maximum absolute atomic E-state index is 12.2. The molecule has 0 heterocycles. The molecule has 0 amide bonds. The van der Waals surface area contributed by atoms with Gasteiger partial charge in [0.05, 0.1) is 13.2 Å². The summed E-state index contributed by atoms with van der Waals surface area (Å²) in [5, 5.41) is 22.9. The zero-order valence-corrected chi connectivity index (χ0v) is 28.9.